The van der Waals surface area contributed by atoms with Crippen molar-refractivity contribution in [2.45, 2.75) is 87.5 Å². The lowest BCUT2D eigenvalue weighted by Gasteiger charge is -2.28. The van der Waals surface area contributed by atoms with Gasteiger partial charge < -0.3 is 5.73 Å². The zero-order valence-electron chi connectivity index (χ0n) is 22.5. The summed E-state index contributed by atoms with van der Waals surface area (Å²) in [7, 11) is 0. The molecule has 1 aromatic carbocycles. The van der Waals surface area contributed by atoms with Gasteiger partial charge in [0, 0.05) is 11.8 Å². The Morgan fingerprint density at radius 1 is 1.12 bits per heavy atom. The van der Waals surface area contributed by atoms with Crippen LogP contribution in [0.1, 0.15) is 101 Å². The number of hydrogen-bond acceptors (Lipinski definition) is 3. The summed E-state index contributed by atoms with van der Waals surface area (Å²) >= 11 is 6.36. The van der Waals surface area contributed by atoms with Crippen molar-refractivity contribution in [3.05, 3.63) is 63.4 Å². The fraction of sp³-hybridized carbons (Fsp3) is 0.533. The second kappa shape index (κ2) is 14.8. The molecule has 0 bridgehead atoms. The van der Waals surface area contributed by atoms with Gasteiger partial charge in [0.05, 0.1) is 28.5 Å². The smallest absolute Gasteiger partial charge is 0.0994 e. The van der Waals surface area contributed by atoms with Crippen LogP contribution in [0.15, 0.2) is 30.6 Å². The summed E-state index contributed by atoms with van der Waals surface area (Å²) in [6, 6.07) is 6.16. The van der Waals surface area contributed by atoms with Gasteiger partial charge in [0.15, 0.2) is 0 Å². The molecule has 0 saturated heterocycles. The SMILES string of the molecule is CC.CC/C=C(\c1cc(C#N)c(C)cc1C)c1cncc(N)c1Cl.CC1CCC(C(C)C)CC1. The van der Waals surface area contributed by atoms with Crippen molar-refractivity contribution in [3.63, 3.8) is 0 Å². The standard InChI is InChI=1S/C18H18ClN3.C10H20.C2H6/c1-4-5-14(16-9-22-10-17(21)18(16)19)15-7-13(8-20)11(2)6-12(15)3;1-8(2)10-6-4-9(3)5-7-10;1-2/h5-7,9-10H,4,21H2,1-3H3;8-10H,4-7H2,1-3H3;1-2H3/b14-5+;;. The van der Waals surface area contributed by atoms with Crippen molar-refractivity contribution >= 4 is 22.9 Å². The van der Waals surface area contributed by atoms with E-state index in [4.69, 9.17) is 17.3 Å². The average molecular weight is 482 g/mol. The molecule has 0 radical (unpaired) electrons. The second-order valence-electron chi connectivity index (χ2n) is 9.47. The maximum atomic E-state index is 9.29. The Hall–Kier alpha value is -2.31. The molecule has 0 aliphatic heterocycles. The minimum Gasteiger partial charge on any atom is -0.396 e. The number of anilines is 1. The summed E-state index contributed by atoms with van der Waals surface area (Å²) in [6.45, 7) is 17.1. The first-order valence-corrected chi connectivity index (χ1v) is 13.2. The highest BCUT2D eigenvalue weighted by Gasteiger charge is 2.20. The molecule has 3 nitrogen and oxygen atoms in total. The summed E-state index contributed by atoms with van der Waals surface area (Å²) in [5.41, 5.74) is 11.8. The number of halogens is 1. The highest BCUT2D eigenvalue weighted by molar-refractivity contribution is 6.35. The first kappa shape index (κ1) is 29.7. The highest BCUT2D eigenvalue weighted by Crippen LogP contribution is 2.35. The summed E-state index contributed by atoms with van der Waals surface area (Å²) in [5.74, 6) is 2.97. The minimum absolute atomic E-state index is 0.450. The third kappa shape index (κ3) is 8.17. The molecule has 2 aromatic rings. The number of nitrogens with two attached hydrogens (primary N) is 1. The quantitative estimate of drug-likeness (QED) is 0.473. The van der Waals surface area contributed by atoms with Gasteiger partial charge in [-0.25, -0.2) is 0 Å². The van der Waals surface area contributed by atoms with Crippen LogP contribution in [-0.2, 0) is 0 Å². The number of allylic oxidation sites excluding steroid dienone is 1. The Morgan fingerprint density at radius 3 is 2.26 bits per heavy atom. The fourth-order valence-corrected chi connectivity index (χ4v) is 4.63. The molecule has 1 aliphatic carbocycles. The van der Waals surface area contributed by atoms with E-state index in [-0.39, 0.29) is 0 Å². The number of nitriles is 1. The predicted molar refractivity (Wildman–Crippen MR) is 149 cm³/mol. The molecule has 2 N–H and O–H groups in total. The van der Waals surface area contributed by atoms with Crippen LogP contribution in [0.4, 0.5) is 5.69 Å². The summed E-state index contributed by atoms with van der Waals surface area (Å²) in [6.07, 6.45) is 12.1. The van der Waals surface area contributed by atoms with E-state index < -0.39 is 0 Å². The Morgan fingerprint density at radius 2 is 1.74 bits per heavy atom. The lowest BCUT2D eigenvalue weighted by Crippen LogP contribution is -2.16. The van der Waals surface area contributed by atoms with Gasteiger partial charge >= 0.3 is 0 Å². The summed E-state index contributed by atoms with van der Waals surface area (Å²) < 4.78 is 0. The molecule has 186 valence electrons. The zero-order chi connectivity index (χ0) is 25.8. The fourth-order valence-electron chi connectivity index (χ4n) is 4.43. The molecular formula is C30H44ClN3. The van der Waals surface area contributed by atoms with Gasteiger partial charge in [0.2, 0.25) is 0 Å². The van der Waals surface area contributed by atoms with E-state index in [9.17, 15) is 5.26 Å². The number of hydrogen-bond donors (Lipinski definition) is 1. The van der Waals surface area contributed by atoms with Crippen LogP contribution < -0.4 is 5.73 Å². The third-order valence-electron chi connectivity index (χ3n) is 6.59. The zero-order valence-corrected chi connectivity index (χ0v) is 23.3. The molecule has 4 heteroatoms. The number of rotatable bonds is 4. The Kier molecular flexibility index (Phi) is 13.0. The van der Waals surface area contributed by atoms with Crippen molar-refractivity contribution in [1.82, 2.24) is 4.98 Å². The molecule has 0 unspecified atom stereocenters. The molecule has 1 fully saturated rings. The molecule has 1 aromatic heterocycles. The molecule has 0 amide bonds. The van der Waals surface area contributed by atoms with Crippen LogP contribution in [0.3, 0.4) is 0 Å². The number of benzene rings is 1. The van der Waals surface area contributed by atoms with Crippen molar-refractivity contribution in [3.8, 4) is 6.07 Å². The van der Waals surface area contributed by atoms with Gasteiger partial charge in [-0.05, 0) is 79.2 Å². The van der Waals surface area contributed by atoms with E-state index in [2.05, 4.69) is 44.8 Å². The van der Waals surface area contributed by atoms with Crippen LogP contribution in [0, 0.1) is 42.9 Å². The van der Waals surface area contributed by atoms with E-state index in [0.29, 0.717) is 16.3 Å². The van der Waals surface area contributed by atoms with Gasteiger partial charge in [-0.15, -0.1) is 0 Å². The van der Waals surface area contributed by atoms with Crippen molar-refractivity contribution in [2.24, 2.45) is 17.8 Å². The van der Waals surface area contributed by atoms with E-state index in [0.717, 1.165) is 52.0 Å². The Bertz CT molecular complexity index is 977. The van der Waals surface area contributed by atoms with Gasteiger partial charge in [-0.2, -0.15) is 5.26 Å². The Balaban J connectivity index is 0.000000402. The molecule has 0 spiro atoms. The number of nitrogen functional groups attached to an aromatic ring is 1. The van der Waals surface area contributed by atoms with Crippen LogP contribution >= 0.6 is 11.6 Å². The summed E-state index contributed by atoms with van der Waals surface area (Å²) in [5, 5.41) is 9.78. The lowest BCUT2D eigenvalue weighted by atomic mass is 9.78. The maximum Gasteiger partial charge on any atom is 0.0994 e. The van der Waals surface area contributed by atoms with Crippen molar-refractivity contribution in [2.75, 3.05) is 5.73 Å². The molecule has 34 heavy (non-hydrogen) atoms. The van der Waals surface area contributed by atoms with Gasteiger partial charge in [-0.3, -0.25) is 4.98 Å². The molecule has 1 saturated carbocycles. The maximum absolute atomic E-state index is 9.29. The van der Waals surface area contributed by atoms with Crippen LogP contribution in [-0.4, -0.2) is 4.98 Å². The second-order valence-corrected chi connectivity index (χ2v) is 9.85. The topological polar surface area (TPSA) is 62.7 Å². The molecule has 1 heterocycles. The van der Waals surface area contributed by atoms with E-state index >= 15 is 0 Å². The number of pyridine rings is 1. The van der Waals surface area contributed by atoms with Crippen LogP contribution in [0.25, 0.3) is 5.57 Å². The lowest BCUT2D eigenvalue weighted by molar-refractivity contribution is 0.234. The monoisotopic (exact) mass is 481 g/mol. The summed E-state index contributed by atoms with van der Waals surface area (Å²) in [4.78, 5) is 4.15. The normalized spacial score (nSPS) is 17.7. The predicted octanol–water partition coefficient (Wildman–Crippen LogP) is 9.14. The Labute approximate surface area is 213 Å². The number of aromatic nitrogens is 1. The van der Waals surface area contributed by atoms with Crippen molar-refractivity contribution in [1.29, 1.82) is 5.26 Å². The first-order chi connectivity index (χ1) is 16.2. The van der Waals surface area contributed by atoms with Crippen LogP contribution in [0.2, 0.25) is 5.02 Å². The molecule has 0 atom stereocenters. The van der Waals surface area contributed by atoms with Crippen LogP contribution in [0.5, 0.6) is 0 Å². The average Bonchev–Trinajstić information content (AvgIpc) is 2.82. The number of aryl methyl sites for hydroxylation is 2. The number of nitrogens with zero attached hydrogens (tertiary/aromatic N) is 2. The van der Waals surface area contributed by atoms with Gasteiger partial charge in [-0.1, -0.05) is 78.1 Å². The third-order valence-corrected chi connectivity index (χ3v) is 7.01. The largest absolute Gasteiger partial charge is 0.396 e. The van der Waals surface area contributed by atoms with E-state index in [1.54, 1.807) is 6.20 Å². The molecular weight excluding hydrogens is 438 g/mol. The van der Waals surface area contributed by atoms with E-state index in [1.807, 2.05) is 39.8 Å². The minimum atomic E-state index is 0.450. The van der Waals surface area contributed by atoms with Crippen molar-refractivity contribution < 1.29 is 0 Å². The van der Waals surface area contributed by atoms with E-state index in [1.165, 1.54) is 31.9 Å². The highest BCUT2D eigenvalue weighted by atomic mass is 35.5. The van der Waals surface area contributed by atoms with Gasteiger partial charge in [0.1, 0.15) is 0 Å². The van der Waals surface area contributed by atoms with Gasteiger partial charge in [0.25, 0.3) is 0 Å². The molecule has 3 rings (SSSR count). The first-order valence-electron chi connectivity index (χ1n) is 12.8. The molecule has 1 aliphatic rings.